The van der Waals surface area contributed by atoms with Gasteiger partial charge in [0.05, 0.1) is 23.7 Å². The monoisotopic (exact) mass is 283 g/mol. The zero-order chi connectivity index (χ0) is 15.5. The van der Waals surface area contributed by atoms with Crippen LogP contribution in [0.1, 0.15) is 42.6 Å². The number of nitriles is 1. The molecule has 1 atom stereocenters. The van der Waals surface area contributed by atoms with Gasteiger partial charge < -0.3 is 9.84 Å². The van der Waals surface area contributed by atoms with Crippen molar-refractivity contribution in [2.45, 2.75) is 32.3 Å². The summed E-state index contributed by atoms with van der Waals surface area (Å²) in [6, 6.07) is 8.88. The average Bonchev–Trinajstić information content (AvgIpc) is 3.27. The van der Waals surface area contributed by atoms with Crippen molar-refractivity contribution in [3.8, 4) is 17.9 Å². The highest BCUT2D eigenvalue weighted by atomic mass is 16.5. The molecule has 1 aliphatic carbocycles. The van der Waals surface area contributed by atoms with Gasteiger partial charge in [-0.05, 0) is 44.9 Å². The van der Waals surface area contributed by atoms with Gasteiger partial charge in [-0.25, -0.2) is 4.79 Å². The van der Waals surface area contributed by atoms with Crippen LogP contribution < -0.4 is 0 Å². The summed E-state index contributed by atoms with van der Waals surface area (Å²) in [7, 11) is 0. The number of ether oxygens (including phenoxy) is 1. The highest BCUT2D eigenvalue weighted by molar-refractivity contribution is 5.89. The van der Waals surface area contributed by atoms with Crippen molar-refractivity contribution in [3.63, 3.8) is 0 Å². The van der Waals surface area contributed by atoms with Gasteiger partial charge in [0.2, 0.25) is 0 Å². The second kappa shape index (κ2) is 5.60. The minimum absolute atomic E-state index is 0.314. The quantitative estimate of drug-likeness (QED) is 0.682. The highest BCUT2D eigenvalue weighted by Crippen LogP contribution is 2.53. The summed E-state index contributed by atoms with van der Waals surface area (Å²) < 4.78 is 4.93. The van der Waals surface area contributed by atoms with Crippen molar-refractivity contribution in [1.29, 1.82) is 5.26 Å². The first-order chi connectivity index (χ1) is 9.94. The molecule has 1 fully saturated rings. The Morgan fingerprint density at radius 3 is 2.81 bits per heavy atom. The lowest BCUT2D eigenvalue weighted by Crippen LogP contribution is -2.33. The number of benzene rings is 1. The Bertz CT molecular complexity index is 655. The van der Waals surface area contributed by atoms with Gasteiger partial charge in [0.25, 0.3) is 0 Å². The molecule has 1 aromatic carbocycles. The van der Waals surface area contributed by atoms with Crippen molar-refractivity contribution in [1.82, 2.24) is 0 Å². The summed E-state index contributed by atoms with van der Waals surface area (Å²) >= 11 is 0. The van der Waals surface area contributed by atoms with Crippen LogP contribution in [0.3, 0.4) is 0 Å². The van der Waals surface area contributed by atoms with Gasteiger partial charge >= 0.3 is 5.97 Å². The summed E-state index contributed by atoms with van der Waals surface area (Å²) in [4.78, 5) is 11.7. The third-order valence-electron chi connectivity index (χ3n) is 3.72. The van der Waals surface area contributed by atoms with Crippen LogP contribution in [0.2, 0.25) is 0 Å². The molecule has 108 valence electrons. The fourth-order valence-electron chi connectivity index (χ4n) is 2.08. The van der Waals surface area contributed by atoms with Gasteiger partial charge in [0.1, 0.15) is 5.60 Å². The van der Waals surface area contributed by atoms with Crippen LogP contribution in [0.25, 0.3) is 0 Å². The van der Waals surface area contributed by atoms with E-state index in [1.54, 1.807) is 38.1 Å². The predicted molar refractivity (Wildman–Crippen MR) is 77.2 cm³/mol. The van der Waals surface area contributed by atoms with Crippen LogP contribution in [0.15, 0.2) is 24.3 Å². The lowest BCUT2D eigenvalue weighted by atomic mass is 9.87. The Kier molecular flexibility index (Phi) is 4.02. The van der Waals surface area contributed by atoms with Gasteiger partial charge in [-0.15, -0.1) is 0 Å². The molecule has 0 saturated heterocycles. The van der Waals surface area contributed by atoms with Gasteiger partial charge in [-0.3, -0.25) is 0 Å². The number of hydrogen-bond acceptors (Lipinski definition) is 4. The summed E-state index contributed by atoms with van der Waals surface area (Å²) in [5, 5.41) is 19.5. The second-order valence-electron chi connectivity index (χ2n) is 5.32. The van der Waals surface area contributed by atoms with Crippen molar-refractivity contribution in [2.75, 3.05) is 6.61 Å². The number of carbonyl (C=O) groups excluding carboxylic acids is 1. The van der Waals surface area contributed by atoms with Crippen LogP contribution >= 0.6 is 0 Å². The van der Waals surface area contributed by atoms with Crippen molar-refractivity contribution >= 4 is 5.97 Å². The van der Waals surface area contributed by atoms with E-state index in [1.165, 1.54) is 0 Å². The van der Waals surface area contributed by atoms with E-state index in [-0.39, 0.29) is 0 Å². The zero-order valence-electron chi connectivity index (χ0n) is 12.1. The molecule has 1 N–H and O–H groups in total. The number of carbonyl (C=O) groups is 1. The molecular weight excluding hydrogens is 266 g/mol. The Labute approximate surface area is 124 Å². The third kappa shape index (κ3) is 3.07. The highest BCUT2D eigenvalue weighted by Gasteiger charge is 2.56. The SMILES string of the molecule is CCOC(=O)c1cccc(C#C[C@@](C)(O)C2(C#N)CC2)c1. The summed E-state index contributed by atoms with van der Waals surface area (Å²) in [5.74, 6) is 5.20. The summed E-state index contributed by atoms with van der Waals surface area (Å²) in [6.45, 7) is 3.62. The largest absolute Gasteiger partial charge is 0.462 e. The molecule has 0 spiro atoms. The Morgan fingerprint density at radius 2 is 2.24 bits per heavy atom. The van der Waals surface area contributed by atoms with Crippen LogP contribution in [0, 0.1) is 28.6 Å². The third-order valence-corrected chi connectivity index (χ3v) is 3.72. The minimum Gasteiger partial charge on any atom is -0.462 e. The summed E-state index contributed by atoms with van der Waals surface area (Å²) in [5.41, 5.74) is -1.07. The topological polar surface area (TPSA) is 70.3 Å². The molecule has 0 heterocycles. The standard InChI is InChI=1S/C17H17NO3/c1-3-21-15(19)14-6-4-5-13(11-14)7-8-16(2,20)17(12-18)9-10-17/h4-6,11,20H,3,9-10H2,1-2H3/t16-/m1/s1. The van der Waals surface area contributed by atoms with Gasteiger partial charge in [0.15, 0.2) is 0 Å². The smallest absolute Gasteiger partial charge is 0.338 e. The molecule has 0 radical (unpaired) electrons. The molecule has 0 amide bonds. The normalized spacial score (nSPS) is 17.6. The Morgan fingerprint density at radius 1 is 1.52 bits per heavy atom. The van der Waals surface area contributed by atoms with E-state index in [9.17, 15) is 9.90 Å². The molecule has 4 nitrogen and oxygen atoms in total. The lowest BCUT2D eigenvalue weighted by Gasteiger charge is -2.21. The maximum absolute atomic E-state index is 11.7. The fraction of sp³-hybridized carbons (Fsp3) is 0.412. The van der Waals surface area contributed by atoms with Crippen molar-refractivity contribution < 1.29 is 14.6 Å². The van der Waals surface area contributed by atoms with Gasteiger partial charge in [-0.2, -0.15) is 5.26 Å². The number of rotatable bonds is 3. The molecule has 0 aliphatic heterocycles. The summed E-state index contributed by atoms with van der Waals surface area (Å²) in [6.07, 6.45) is 1.32. The fourth-order valence-corrected chi connectivity index (χ4v) is 2.08. The van der Waals surface area contributed by atoms with E-state index in [4.69, 9.17) is 10.00 Å². The van der Waals surface area contributed by atoms with Crippen LogP contribution in [-0.2, 0) is 4.74 Å². The molecule has 0 unspecified atom stereocenters. The maximum atomic E-state index is 11.7. The molecule has 1 aromatic rings. The van der Waals surface area contributed by atoms with E-state index in [1.807, 2.05) is 0 Å². The molecule has 21 heavy (non-hydrogen) atoms. The Hall–Kier alpha value is -2.30. The van der Waals surface area contributed by atoms with Crippen molar-refractivity contribution in [2.24, 2.45) is 5.41 Å². The number of esters is 1. The predicted octanol–water partition coefficient (Wildman–Crippen LogP) is 2.27. The van der Waals surface area contributed by atoms with Gasteiger partial charge in [0, 0.05) is 5.56 Å². The Balaban J connectivity index is 2.22. The van der Waals surface area contributed by atoms with Gasteiger partial charge in [-0.1, -0.05) is 17.9 Å². The minimum atomic E-state index is -1.35. The van der Waals surface area contributed by atoms with Crippen LogP contribution in [0.5, 0.6) is 0 Å². The van der Waals surface area contributed by atoms with Crippen molar-refractivity contribution in [3.05, 3.63) is 35.4 Å². The number of aliphatic hydroxyl groups is 1. The molecule has 4 heteroatoms. The van der Waals surface area contributed by atoms with E-state index >= 15 is 0 Å². The lowest BCUT2D eigenvalue weighted by molar-refractivity contribution is 0.0526. The molecule has 0 bridgehead atoms. The second-order valence-corrected chi connectivity index (χ2v) is 5.32. The first-order valence-electron chi connectivity index (χ1n) is 6.88. The maximum Gasteiger partial charge on any atom is 0.338 e. The molecule has 2 rings (SSSR count). The van der Waals surface area contributed by atoms with E-state index < -0.39 is 17.0 Å². The number of nitrogens with zero attached hydrogens (tertiary/aromatic N) is 1. The molecular formula is C17H17NO3. The molecule has 1 saturated carbocycles. The van der Waals surface area contributed by atoms with E-state index in [2.05, 4.69) is 17.9 Å². The average molecular weight is 283 g/mol. The van der Waals surface area contributed by atoms with Crippen LogP contribution in [-0.4, -0.2) is 23.3 Å². The number of hydrogen-bond donors (Lipinski definition) is 1. The van der Waals surface area contributed by atoms with E-state index in [0.29, 0.717) is 30.6 Å². The molecule has 1 aliphatic rings. The molecule has 0 aromatic heterocycles. The van der Waals surface area contributed by atoms with E-state index in [0.717, 1.165) is 0 Å². The van der Waals surface area contributed by atoms with Crippen LogP contribution in [0.4, 0.5) is 0 Å². The first-order valence-corrected chi connectivity index (χ1v) is 6.88. The zero-order valence-corrected chi connectivity index (χ0v) is 12.1. The first kappa shape index (κ1) is 15.1.